The summed E-state index contributed by atoms with van der Waals surface area (Å²) in [5.41, 5.74) is 1.29. The van der Waals surface area contributed by atoms with Crippen molar-refractivity contribution in [1.82, 2.24) is 20.4 Å². The molecule has 4 heteroatoms. The fraction of sp³-hybridized carbons (Fsp3) is 0.471. The molecule has 2 N–H and O–H groups in total. The molecule has 0 bridgehead atoms. The Morgan fingerprint density at radius 3 is 2.62 bits per heavy atom. The first kappa shape index (κ1) is 14.3. The molecule has 0 spiro atoms. The van der Waals surface area contributed by atoms with Gasteiger partial charge in [0.2, 0.25) is 0 Å². The molecule has 1 aliphatic rings. The van der Waals surface area contributed by atoms with E-state index < -0.39 is 0 Å². The zero-order valence-corrected chi connectivity index (χ0v) is 12.4. The van der Waals surface area contributed by atoms with Crippen LogP contribution in [0.3, 0.4) is 0 Å². The van der Waals surface area contributed by atoms with Crippen molar-refractivity contribution in [2.24, 2.45) is 0 Å². The largest absolute Gasteiger partial charge is 0.281 e. The fourth-order valence-electron chi connectivity index (χ4n) is 2.97. The van der Waals surface area contributed by atoms with Crippen molar-refractivity contribution in [2.75, 3.05) is 0 Å². The summed E-state index contributed by atoms with van der Waals surface area (Å²) in [7, 11) is 0. The molecule has 1 heterocycles. The zero-order valence-electron chi connectivity index (χ0n) is 12.4. The summed E-state index contributed by atoms with van der Waals surface area (Å²) in [5, 5.41) is 11.7. The Morgan fingerprint density at radius 2 is 1.90 bits per heavy atom. The van der Waals surface area contributed by atoms with Gasteiger partial charge in [0.15, 0.2) is 6.29 Å². The standard InChI is InChI=1S/C17H24N4/c1-3-8-15(9-4-1)14-18-17(21-13-7-12-19-21)20-16-10-5-2-6-11-16/h1,3-4,7-9,12-13,16-18,20H,2,5-6,10-11,14H2. The molecule has 1 unspecified atom stereocenters. The molecule has 2 aromatic rings. The highest BCUT2D eigenvalue weighted by atomic mass is 15.4. The minimum atomic E-state index is 0.0586. The maximum atomic E-state index is 4.39. The van der Waals surface area contributed by atoms with Gasteiger partial charge in [-0.2, -0.15) is 5.10 Å². The SMILES string of the molecule is c1ccc(CNC(NC2CCCCC2)n2cccn2)cc1. The summed E-state index contributed by atoms with van der Waals surface area (Å²) in [4.78, 5) is 0. The molecule has 3 rings (SSSR count). The molecule has 1 aromatic heterocycles. The van der Waals surface area contributed by atoms with Crippen LogP contribution in [0.25, 0.3) is 0 Å². The Hall–Kier alpha value is -1.65. The van der Waals surface area contributed by atoms with Crippen LogP contribution in [0.5, 0.6) is 0 Å². The van der Waals surface area contributed by atoms with Crippen LogP contribution in [-0.2, 0) is 6.54 Å². The van der Waals surface area contributed by atoms with E-state index in [2.05, 4.69) is 46.1 Å². The van der Waals surface area contributed by atoms with Crippen LogP contribution in [0.1, 0.15) is 44.0 Å². The van der Waals surface area contributed by atoms with E-state index in [1.165, 1.54) is 37.7 Å². The van der Waals surface area contributed by atoms with Crippen LogP contribution < -0.4 is 10.6 Å². The highest BCUT2D eigenvalue weighted by molar-refractivity contribution is 5.14. The minimum Gasteiger partial charge on any atom is -0.281 e. The van der Waals surface area contributed by atoms with E-state index in [1.807, 2.05) is 23.1 Å². The average molecular weight is 284 g/mol. The maximum Gasteiger partial charge on any atom is 0.155 e. The van der Waals surface area contributed by atoms with Gasteiger partial charge in [0.25, 0.3) is 0 Å². The molecule has 112 valence electrons. The van der Waals surface area contributed by atoms with Crippen LogP contribution in [0, 0.1) is 0 Å². The second kappa shape index (κ2) is 7.38. The van der Waals surface area contributed by atoms with Crippen LogP contribution >= 0.6 is 0 Å². The summed E-state index contributed by atoms with van der Waals surface area (Å²) in [6.07, 6.45) is 10.5. The highest BCUT2D eigenvalue weighted by Gasteiger charge is 2.18. The number of nitrogens with zero attached hydrogens (tertiary/aromatic N) is 2. The first-order chi connectivity index (χ1) is 10.4. The zero-order chi connectivity index (χ0) is 14.3. The van der Waals surface area contributed by atoms with Crippen molar-refractivity contribution in [1.29, 1.82) is 0 Å². The molecule has 0 radical (unpaired) electrons. The van der Waals surface area contributed by atoms with Gasteiger partial charge in [0.1, 0.15) is 0 Å². The van der Waals surface area contributed by atoms with E-state index in [4.69, 9.17) is 0 Å². The maximum absolute atomic E-state index is 4.39. The molecule has 4 nitrogen and oxygen atoms in total. The van der Waals surface area contributed by atoms with Crippen molar-refractivity contribution in [3.63, 3.8) is 0 Å². The van der Waals surface area contributed by atoms with Crippen LogP contribution in [0.2, 0.25) is 0 Å². The van der Waals surface area contributed by atoms with Gasteiger partial charge in [0, 0.05) is 25.0 Å². The van der Waals surface area contributed by atoms with Gasteiger partial charge in [-0.3, -0.25) is 10.6 Å². The number of hydrogen-bond acceptors (Lipinski definition) is 3. The summed E-state index contributed by atoms with van der Waals surface area (Å²) < 4.78 is 1.97. The average Bonchev–Trinajstić information content (AvgIpc) is 3.08. The molecule has 21 heavy (non-hydrogen) atoms. The number of benzene rings is 1. The molecule has 0 amide bonds. The van der Waals surface area contributed by atoms with Crippen molar-refractivity contribution < 1.29 is 0 Å². The van der Waals surface area contributed by atoms with E-state index >= 15 is 0 Å². The Bertz CT molecular complexity index is 503. The van der Waals surface area contributed by atoms with Crippen LogP contribution in [0.4, 0.5) is 0 Å². The van der Waals surface area contributed by atoms with Gasteiger partial charge in [-0.15, -0.1) is 0 Å². The third kappa shape index (κ3) is 4.16. The number of aromatic nitrogens is 2. The predicted octanol–water partition coefficient (Wildman–Crippen LogP) is 3.05. The predicted molar refractivity (Wildman–Crippen MR) is 84.6 cm³/mol. The van der Waals surface area contributed by atoms with E-state index in [0.717, 1.165) is 6.54 Å². The van der Waals surface area contributed by atoms with Crippen molar-refractivity contribution >= 4 is 0 Å². The lowest BCUT2D eigenvalue weighted by Crippen LogP contribution is -2.44. The quantitative estimate of drug-likeness (QED) is 0.801. The normalized spacial score (nSPS) is 17.7. The fourth-order valence-corrected chi connectivity index (χ4v) is 2.97. The Labute approximate surface area is 126 Å². The molecule has 1 aromatic carbocycles. The smallest absolute Gasteiger partial charge is 0.155 e. The van der Waals surface area contributed by atoms with Crippen LogP contribution in [0.15, 0.2) is 48.8 Å². The lowest BCUT2D eigenvalue weighted by Gasteiger charge is -2.29. The second-order valence-corrected chi connectivity index (χ2v) is 5.76. The van der Waals surface area contributed by atoms with Gasteiger partial charge in [-0.05, 0) is 24.5 Å². The topological polar surface area (TPSA) is 41.9 Å². The van der Waals surface area contributed by atoms with Gasteiger partial charge in [0.05, 0.1) is 0 Å². The lowest BCUT2D eigenvalue weighted by atomic mass is 9.95. The molecule has 1 fully saturated rings. The lowest BCUT2D eigenvalue weighted by molar-refractivity contribution is 0.237. The Morgan fingerprint density at radius 1 is 1.10 bits per heavy atom. The third-order valence-corrected chi connectivity index (χ3v) is 4.13. The summed E-state index contributed by atoms with van der Waals surface area (Å²) >= 11 is 0. The van der Waals surface area contributed by atoms with Crippen molar-refractivity contribution in [3.05, 3.63) is 54.4 Å². The molecule has 0 aliphatic heterocycles. The Balaban J connectivity index is 1.62. The molecule has 0 saturated heterocycles. The third-order valence-electron chi connectivity index (χ3n) is 4.13. The van der Waals surface area contributed by atoms with Crippen LogP contribution in [-0.4, -0.2) is 15.8 Å². The molecule has 1 aliphatic carbocycles. The highest BCUT2D eigenvalue weighted by Crippen LogP contribution is 2.19. The minimum absolute atomic E-state index is 0.0586. The molecular weight excluding hydrogens is 260 g/mol. The molecule has 1 saturated carbocycles. The van der Waals surface area contributed by atoms with Gasteiger partial charge in [-0.25, -0.2) is 4.68 Å². The number of nitrogens with one attached hydrogen (secondary N) is 2. The first-order valence-electron chi connectivity index (χ1n) is 7.94. The van der Waals surface area contributed by atoms with Gasteiger partial charge < -0.3 is 0 Å². The molecular formula is C17H24N4. The Kier molecular flexibility index (Phi) is 5.03. The monoisotopic (exact) mass is 284 g/mol. The van der Waals surface area contributed by atoms with Gasteiger partial charge in [-0.1, -0.05) is 49.6 Å². The number of rotatable bonds is 6. The van der Waals surface area contributed by atoms with Gasteiger partial charge >= 0.3 is 0 Å². The van der Waals surface area contributed by atoms with E-state index in [1.54, 1.807) is 0 Å². The van der Waals surface area contributed by atoms with E-state index in [-0.39, 0.29) is 6.29 Å². The first-order valence-corrected chi connectivity index (χ1v) is 7.94. The summed E-state index contributed by atoms with van der Waals surface area (Å²) in [5.74, 6) is 0. The van der Waals surface area contributed by atoms with Crippen molar-refractivity contribution in [3.8, 4) is 0 Å². The van der Waals surface area contributed by atoms with E-state index in [0.29, 0.717) is 6.04 Å². The second-order valence-electron chi connectivity index (χ2n) is 5.76. The number of hydrogen-bond donors (Lipinski definition) is 2. The van der Waals surface area contributed by atoms with Crippen molar-refractivity contribution in [2.45, 2.75) is 51.0 Å². The molecule has 1 atom stereocenters. The van der Waals surface area contributed by atoms with E-state index in [9.17, 15) is 0 Å². The summed E-state index contributed by atoms with van der Waals surface area (Å²) in [6, 6.07) is 13.1. The summed E-state index contributed by atoms with van der Waals surface area (Å²) in [6.45, 7) is 0.838.